The minimum absolute atomic E-state index is 0.197. The van der Waals surface area contributed by atoms with Crippen LogP contribution >= 0.6 is 0 Å². The zero-order valence-corrected chi connectivity index (χ0v) is 11.1. The molecule has 0 aliphatic rings. The lowest BCUT2D eigenvalue weighted by atomic mass is 10.1. The van der Waals surface area contributed by atoms with E-state index in [1.807, 2.05) is 24.3 Å². The number of pyridine rings is 1. The van der Waals surface area contributed by atoms with E-state index in [9.17, 15) is 10.1 Å². The summed E-state index contributed by atoms with van der Waals surface area (Å²) < 4.78 is 0. The number of hydrogen-bond acceptors (Lipinski definition) is 6. The van der Waals surface area contributed by atoms with Gasteiger partial charge in [-0.2, -0.15) is 5.26 Å². The molecule has 106 valence electrons. The molecule has 7 heteroatoms. The van der Waals surface area contributed by atoms with Crippen molar-refractivity contribution in [3.63, 3.8) is 0 Å². The van der Waals surface area contributed by atoms with Crippen LogP contribution < -0.4 is 11.1 Å². The summed E-state index contributed by atoms with van der Waals surface area (Å²) in [6.45, 7) is 0.597. The molecular weight excluding hydrogens is 270 g/mol. The summed E-state index contributed by atoms with van der Waals surface area (Å²) in [5, 5.41) is 22.6. The first-order chi connectivity index (χ1) is 10.1. The Morgan fingerprint density at radius 1 is 1.29 bits per heavy atom. The van der Waals surface area contributed by atoms with Crippen molar-refractivity contribution in [2.24, 2.45) is 0 Å². The molecule has 0 saturated heterocycles. The average Bonchev–Trinajstić information content (AvgIpc) is 2.49. The van der Waals surface area contributed by atoms with E-state index in [1.165, 1.54) is 12.1 Å². The largest absolute Gasteiger partial charge is 0.399 e. The summed E-state index contributed by atoms with van der Waals surface area (Å²) in [6.07, 6.45) is 0.751. The molecule has 7 nitrogen and oxygen atoms in total. The Morgan fingerprint density at radius 3 is 2.62 bits per heavy atom. The average molecular weight is 283 g/mol. The molecule has 0 atom stereocenters. The van der Waals surface area contributed by atoms with Gasteiger partial charge in [-0.25, -0.2) is 4.98 Å². The van der Waals surface area contributed by atoms with Crippen LogP contribution in [0.15, 0.2) is 36.4 Å². The number of nitriles is 1. The number of nitro groups is 1. The molecule has 0 saturated carbocycles. The molecule has 21 heavy (non-hydrogen) atoms. The number of aromatic nitrogens is 1. The van der Waals surface area contributed by atoms with Crippen LogP contribution in [0, 0.1) is 21.4 Å². The third-order valence-corrected chi connectivity index (χ3v) is 2.88. The van der Waals surface area contributed by atoms with Gasteiger partial charge >= 0.3 is 5.69 Å². The first-order valence-corrected chi connectivity index (χ1v) is 6.24. The molecule has 1 heterocycles. The van der Waals surface area contributed by atoms with Crippen LogP contribution in [0.25, 0.3) is 0 Å². The van der Waals surface area contributed by atoms with Gasteiger partial charge in [0, 0.05) is 18.3 Å². The van der Waals surface area contributed by atoms with Gasteiger partial charge in [0.1, 0.15) is 11.9 Å². The molecule has 1 aromatic carbocycles. The fraction of sp³-hybridized carbons (Fsp3) is 0.143. The standard InChI is InChI=1S/C14H13N5O2/c15-9-12-13(19(20)21)5-6-14(18-12)17-8-7-10-1-3-11(16)4-2-10/h1-6H,7-8,16H2,(H,17,18). The Kier molecular flexibility index (Phi) is 4.31. The van der Waals surface area contributed by atoms with Crippen molar-refractivity contribution in [2.75, 3.05) is 17.6 Å². The van der Waals surface area contributed by atoms with Crippen LogP contribution in [0.2, 0.25) is 0 Å². The Labute approximate surface area is 121 Å². The number of nitrogen functional groups attached to an aromatic ring is 1. The normalized spacial score (nSPS) is 9.86. The number of anilines is 2. The Balaban J connectivity index is 1.99. The number of nitrogens with two attached hydrogens (primary N) is 1. The molecule has 2 aromatic rings. The van der Waals surface area contributed by atoms with E-state index < -0.39 is 4.92 Å². The molecule has 2 rings (SSSR count). The van der Waals surface area contributed by atoms with Crippen molar-refractivity contribution in [3.05, 3.63) is 57.8 Å². The molecule has 0 fully saturated rings. The lowest BCUT2D eigenvalue weighted by Crippen LogP contribution is -2.07. The second-order valence-corrected chi connectivity index (χ2v) is 4.35. The molecule has 0 radical (unpaired) electrons. The number of nitrogens with one attached hydrogen (secondary N) is 1. The SMILES string of the molecule is N#Cc1nc(NCCc2ccc(N)cc2)ccc1[N+](=O)[O-]. The van der Waals surface area contributed by atoms with E-state index in [1.54, 1.807) is 6.07 Å². The number of nitrogens with zero attached hydrogens (tertiary/aromatic N) is 3. The Bertz CT molecular complexity index is 692. The molecule has 1 aromatic heterocycles. The lowest BCUT2D eigenvalue weighted by Gasteiger charge is -2.06. The van der Waals surface area contributed by atoms with Crippen molar-refractivity contribution in [1.29, 1.82) is 5.26 Å². The maximum atomic E-state index is 10.7. The summed E-state index contributed by atoms with van der Waals surface area (Å²) in [4.78, 5) is 14.0. The first kappa shape index (κ1) is 14.3. The van der Waals surface area contributed by atoms with E-state index in [0.29, 0.717) is 18.1 Å². The van der Waals surface area contributed by atoms with Crippen molar-refractivity contribution in [2.45, 2.75) is 6.42 Å². The highest BCUT2D eigenvalue weighted by molar-refractivity contribution is 5.50. The summed E-state index contributed by atoms with van der Waals surface area (Å²) in [5.41, 5.74) is 6.94. The maximum absolute atomic E-state index is 10.7. The number of benzene rings is 1. The molecular formula is C14H13N5O2. The van der Waals surface area contributed by atoms with Gasteiger partial charge in [-0.15, -0.1) is 0 Å². The zero-order valence-electron chi connectivity index (χ0n) is 11.1. The van der Waals surface area contributed by atoms with E-state index in [0.717, 1.165) is 12.0 Å². The van der Waals surface area contributed by atoms with Gasteiger partial charge in [-0.05, 0) is 30.2 Å². The van der Waals surface area contributed by atoms with E-state index in [-0.39, 0.29) is 11.4 Å². The Morgan fingerprint density at radius 2 is 2.00 bits per heavy atom. The van der Waals surface area contributed by atoms with Crippen molar-refractivity contribution in [1.82, 2.24) is 4.98 Å². The van der Waals surface area contributed by atoms with Crippen LogP contribution in [0.5, 0.6) is 0 Å². The highest BCUT2D eigenvalue weighted by Crippen LogP contribution is 2.18. The van der Waals surface area contributed by atoms with Gasteiger partial charge in [0.05, 0.1) is 4.92 Å². The predicted octanol–water partition coefficient (Wildman–Crippen LogP) is 2.10. The van der Waals surface area contributed by atoms with Gasteiger partial charge < -0.3 is 11.1 Å². The quantitative estimate of drug-likeness (QED) is 0.493. The minimum Gasteiger partial charge on any atom is -0.399 e. The van der Waals surface area contributed by atoms with Gasteiger partial charge in [-0.3, -0.25) is 10.1 Å². The third kappa shape index (κ3) is 3.67. The van der Waals surface area contributed by atoms with Crippen molar-refractivity contribution >= 4 is 17.2 Å². The predicted molar refractivity (Wildman–Crippen MR) is 78.7 cm³/mol. The van der Waals surface area contributed by atoms with Crippen LogP contribution in [-0.4, -0.2) is 16.5 Å². The summed E-state index contributed by atoms with van der Waals surface area (Å²) in [5.74, 6) is 0.438. The maximum Gasteiger partial charge on any atom is 0.305 e. The molecule has 0 amide bonds. The fourth-order valence-electron chi connectivity index (χ4n) is 1.80. The smallest absolute Gasteiger partial charge is 0.305 e. The number of hydrogen-bond donors (Lipinski definition) is 2. The third-order valence-electron chi connectivity index (χ3n) is 2.88. The van der Waals surface area contributed by atoms with Crippen LogP contribution in [0.3, 0.4) is 0 Å². The number of rotatable bonds is 5. The molecule has 0 aliphatic carbocycles. The van der Waals surface area contributed by atoms with Crippen molar-refractivity contribution in [3.8, 4) is 6.07 Å². The van der Waals surface area contributed by atoms with Gasteiger partial charge in [0.2, 0.25) is 5.69 Å². The topological polar surface area (TPSA) is 118 Å². The summed E-state index contributed by atoms with van der Waals surface area (Å²) in [6, 6.07) is 12.0. The van der Waals surface area contributed by atoms with E-state index in [2.05, 4.69) is 10.3 Å². The fourth-order valence-corrected chi connectivity index (χ4v) is 1.80. The molecule has 3 N–H and O–H groups in total. The van der Waals surface area contributed by atoms with E-state index >= 15 is 0 Å². The summed E-state index contributed by atoms with van der Waals surface area (Å²) in [7, 11) is 0. The molecule has 0 spiro atoms. The van der Waals surface area contributed by atoms with Crippen molar-refractivity contribution < 1.29 is 4.92 Å². The first-order valence-electron chi connectivity index (χ1n) is 6.24. The van der Waals surface area contributed by atoms with E-state index in [4.69, 9.17) is 11.0 Å². The van der Waals surface area contributed by atoms with Crippen LogP contribution in [0.1, 0.15) is 11.3 Å². The molecule has 0 bridgehead atoms. The lowest BCUT2D eigenvalue weighted by molar-refractivity contribution is -0.385. The zero-order chi connectivity index (χ0) is 15.2. The Hall–Kier alpha value is -3.14. The molecule has 0 unspecified atom stereocenters. The monoisotopic (exact) mass is 283 g/mol. The van der Waals surface area contributed by atoms with Crippen LogP contribution in [-0.2, 0) is 6.42 Å². The molecule has 0 aliphatic heterocycles. The second-order valence-electron chi connectivity index (χ2n) is 4.35. The highest BCUT2D eigenvalue weighted by Gasteiger charge is 2.15. The highest BCUT2D eigenvalue weighted by atomic mass is 16.6. The van der Waals surface area contributed by atoms with Crippen LogP contribution in [0.4, 0.5) is 17.2 Å². The minimum atomic E-state index is -0.621. The van der Waals surface area contributed by atoms with Gasteiger partial charge in [0.15, 0.2) is 0 Å². The van der Waals surface area contributed by atoms with Gasteiger partial charge in [0.25, 0.3) is 0 Å². The van der Waals surface area contributed by atoms with Gasteiger partial charge in [-0.1, -0.05) is 12.1 Å². The summed E-state index contributed by atoms with van der Waals surface area (Å²) >= 11 is 0. The second kappa shape index (κ2) is 6.34.